The van der Waals surface area contributed by atoms with Crippen molar-refractivity contribution in [1.29, 1.82) is 0 Å². The maximum absolute atomic E-state index is 16.7. The molecule has 4 rings (SSSR count). The summed E-state index contributed by atoms with van der Waals surface area (Å²) in [5.41, 5.74) is -2.04. The molecule has 2 aliphatic heterocycles. The highest BCUT2D eigenvalue weighted by molar-refractivity contribution is 7.92. The first kappa shape index (κ1) is 35.6. The predicted molar refractivity (Wildman–Crippen MR) is 166 cm³/mol. The zero-order chi connectivity index (χ0) is 34.9. The molecule has 1 fully saturated rings. The Bertz CT molecular complexity index is 1610. The summed E-state index contributed by atoms with van der Waals surface area (Å²) in [7, 11) is -4.50. The Kier molecular flexibility index (Phi) is 10.2. The van der Waals surface area contributed by atoms with Crippen LogP contribution in [0.25, 0.3) is 0 Å². The van der Waals surface area contributed by atoms with E-state index in [1.165, 1.54) is 6.07 Å². The van der Waals surface area contributed by atoms with Gasteiger partial charge in [-0.05, 0) is 47.1 Å². The van der Waals surface area contributed by atoms with E-state index >= 15 is 4.39 Å². The maximum atomic E-state index is 16.7. The summed E-state index contributed by atoms with van der Waals surface area (Å²) in [6.45, 7) is 8.04. The Morgan fingerprint density at radius 2 is 1.70 bits per heavy atom. The molecule has 0 bridgehead atoms. The second-order valence-corrected chi connectivity index (χ2v) is 14.8. The van der Waals surface area contributed by atoms with Crippen LogP contribution in [-0.4, -0.2) is 74.7 Å². The van der Waals surface area contributed by atoms with Gasteiger partial charge >= 0.3 is 22.4 Å². The van der Waals surface area contributed by atoms with E-state index in [-0.39, 0.29) is 36.6 Å². The van der Waals surface area contributed by atoms with Gasteiger partial charge in [-0.1, -0.05) is 30.3 Å². The first-order chi connectivity index (χ1) is 21.8. The standard InChI is InChI=1S/C31H39F3N4O8S/c1-30(2,3)45-28(40)36(13-12-24(32)33)16-20-14-21-22(38(20)29(41)46-31(4,5)6)15-23(44-18-19-10-8-7-9-11-19)27(26(21)34)37-17-25(39)35-47(37,42)43/h7-11,15,20,24H,12-14,16-18H2,1-6H3,(H,35,39)/t20-/m1/s1. The van der Waals surface area contributed by atoms with Crippen molar-refractivity contribution in [1.82, 2.24) is 9.62 Å². The van der Waals surface area contributed by atoms with Crippen LogP contribution in [0.3, 0.4) is 0 Å². The molecule has 0 saturated carbocycles. The second-order valence-electron chi connectivity index (χ2n) is 13.2. The number of hydrogen-bond donors (Lipinski definition) is 1. The van der Waals surface area contributed by atoms with Crippen LogP contribution in [0.15, 0.2) is 36.4 Å². The lowest BCUT2D eigenvalue weighted by atomic mass is 10.1. The minimum Gasteiger partial charge on any atom is -0.487 e. The van der Waals surface area contributed by atoms with Crippen LogP contribution in [0.2, 0.25) is 0 Å². The summed E-state index contributed by atoms with van der Waals surface area (Å²) < 4.78 is 88.4. The SMILES string of the molecule is CC(C)(C)OC(=O)N(CCC(F)F)C[C@H]1Cc2c(cc(OCc3ccccc3)c(N3CC(=O)NS3(=O)=O)c2F)N1C(=O)OC(C)(C)C. The molecule has 16 heteroatoms. The fourth-order valence-electron chi connectivity index (χ4n) is 5.10. The number of anilines is 2. The van der Waals surface area contributed by atoms with Crippen LogP contribution in [0.4, 0.5) is 34.1 Å². The molecule has 12 nitrogen and oxygen atoms in total. The molecule has 258 valence electrons. The molecule has 47 heavy (non-hydrogen) atoms. The molecule has 3 amide bonds. The van der Waals surface area contributed by atoms with Gasteiger partial charge in [-0.3, -0.25) is 9.69 Å². The largest absolute Gasteiger partial charge is 0.487 e. The Hall–Kier alpha value is -4.21. The van der Waals surface area contributed by atoms with Crippen molar-refractivity contribution in [2.75, 3.05) is 28.8 Å². The first-order valence-electron chi connectivity index (χ1n) is 14.9. The molecule has 1 atom stereocenters. The van der Waals surface area contributed by atoms with Gasteiger partial charge in [0, 0.05) is 37.6 Å². The number of nitrogens with one attached hydrogen (secondary N) is 1. The number of alkyl halides is 2. The number of rotatable bonds is 9. The average molecular weight is 685 g/mol. The van der Waals surface area contributed by atoms with Crippen molar-refractivity contribution in [3.63, 3.8) is 0 Å². The molecule has 0 unspecified atom stereocenters. The molecular formula is C31H39F3N4O8S. The molecule has 0 radical (unpaired) electrons. The van der Waals surface area contributed by atoms with Gasteiger partial charge < -0.3 is 19.1 Å². The number of fused-ring (bicyclic) bond motifs is 1. The van der Waals surface area contributed by atoms with Crippen molar-refractivity contribution in [2.24, 2.45) is 0 Å². The van der Waals surface area contributed by atoms with Crippen molar-refractivity contribution < 1.29 is 50.2 Å². The molecule has 0 aromatic heterocycles. The lowest BCUT2D eigenvalue weighted by molar-refractivity contribution is -0.117. The summed E-state index contributed by atoms with van der Waals surface area (Å²) in [6.07, 6.45) is -5.54. The van der Waals surface area contributed by atoms with Crippen LogP contribution in [0.1, 0.15) is 59.1 Å². The molecule has 2 heterocycles. The van der Waals surface area contributed by atoms with Gasteiger partial charge in [0.25, 0.3) is 5.91 Å². The summed E-state index contributed by atoms with van der Waals surface area (Å²) in [5.74, 6) is -2.27. The number of hydrogen-bond acceptors (Lipinski definition) is 8. The van der Waals surface area contributed by atoms with Crippen LogP contribution in [-0.2, 0) is 37.5 Å². The maximum Gasteiger partial charge on any atom is 0.415 e. The Balaban J connectivity index is 1.83. The van der Waals surface area contributed by atoms with E-state index in [1.54, 1.807) is 71.9 Å². The van der Waals surface area contributed by atoms with Crippen molar-refractivity contribution in [2.45, 2.75) is 84.7 Å². The van der Waals surface area contributed by atoms with Gasteiger partial charge in [0.05, 0.1) is 11.7 Å². The van der Waals surface area contributed by atoms with E-state index in [0.29, 0.717) is 9.87 Å². The minimum atomic E-state index is -4.50. The van der Waals surface area contributed by atoms with Crippen molar-refractivity contribution in [3.05, 3.63) is 53.3 Å². The fraction of sp³-hybridized carbons (Fsp3) is 0.516. The number of carbonyl (C=O) groups excluding carboxylic acids is 3. The lowest BCUT2D eigenvalue weighted by Gasteiger charge is -2.33. The Morgan fingerprint density at radius 1 is 1.06 bits per heavy atom. The number of amides is 3. The van der Waals surface area contributed by atoms with E-state index in [9.17, 15) is 31.6 Å². The zero-order valence-corrected chi connectivity index (χ0v) is 27.8. The van der Waals surface area contributed by atoms with Gasteiger partial charge in [0.2, 0.25) is 6.43 Å². The molecular weight excluding hydrogens is 645 g/mol. The van der Waals surface area contributed by atoms with Gasteiger partial charge in [-0.15, -0.1) is 0 Å². The summed E-state index contributed by atoms with van der Waals surface area (Å²) in [6, 6.07) is 8.95. The summed E-state index contributed by atoms with van der Waals surface area (Å²) in [4.78, 5) is 41.1. The third-order valence-electron chi connectivity index (χ3n) is 6.94. The zero-order valence-electron chi connectivity index (χ0n) is 27.0. The number of carbonyl (C=O) groups is 3. The van der Waals surface area contributed by atoms with Gasteiger partial charge in [-0.25, -0.2) is 31.8 Å². The van der Waals surface area contributed by atoms with Crippen LogP contribution < -0.4 is 18.7 Å². The van der Waals surface area contributed by atoms with E-state index in [0.717, 1.165) is 9.80 Å². The third-order valence-corrected chi connectivity index (χ3v) is 8.32. The highest BCUT2D eigenvalue weighted by Gasteiger charge is 2.45. The smallest absolute Gasteiger partial charge is 0.415 e. The number of benzene rings is 2. The highest BCUT2D eigenvalue weighted by atomic mass is 32.2. The van der Waals surface area contributed by atoms with Crippen LogP contribution in [0, 0.1) is 5.82 Å². The quantitative estimate of drug-likeness (QED) is 0.384. The lowest BCUT2D eigenvalue weighted by Crippen LogP contribution is -2.49. The Labute approximate surface area is 271 Å². The Morgan fingerprint density at radius 3 is 2.26 bits per heavy atom. The van der Waals surface area contributed by atoms with Crippen molar-refractivity contribution in [3.8, 4) is 5.75 Å². The third kappa shape index (κ3) is 8.78. The van der Waals surface area contributed by atoms with E-state index in [2.05, 4.69) is 0 Å². The molecule has 0 spiro atoms. The normalized spacial score (nSPS) is 17.4. The fourth-order valence-corrected chi connectivity index (χ4v) is 6.26. The van der Waals surface area contributed by atoms with Gasteiger partial charge in [0.15, 0.2) is 5.82 Å². The molecule has 0 aliphatic carbocycles. The van der Waals surface area contributed by atoms with E-state index in [1.807, 2.05) is 4.72 Å². The number of ether oxygens (including phenoxy) is 3. The monoisotopic (exact) mass is 684 g/mol. The van der Waals surface area contributed by atoms with E-state index < -0.39 is 83.0 Å². The molecule has 2 aromatic carbocycles. The molecule has 2 aliphatic rings. The summed E-state index contributed by atoms with van der Waals surface area (Å²) >= 11 is 0. The molecule has 2 aromatic rings. The summed E-state index contributed by atoms with van der Waals surface area (Å²) in [5, 5.41) is 0. The first-order valence-corrected chi connectivity index (χ1v) is 16.3. The highest BCUT2D eigenvalue weighted by Crippen LogP contribution is 2.46. The van der Waals surface area contributed by atoms with Crippen LogP contribution >= 0.6 is 0 Å². The van der Waals surface area contributed by atoms with E-state index in [4.69, 9.17) is 14.2 Å². The average Bonchev–Trinajstić information content (AvgIpc) is 3.43. The molecule has 1 saturated heterocycles. The van der Waals surface area contributed by atoms with Crippen molar-refractivity contribution >= 4 is 39.7 Å². The van der Waals surface area contributed by atoms with Gasteiger partial charge in [0.1, 0.15) is 35.8 Å². The van der Waals surface area contributed by atoms with Gasteiger partial charge in [-0.2, -0.15) is 8.42 Å². The number of nitrogens with zero attached hydrogens (tertiary/aromatic N) is 3. The predicted octanol–water partition coefficient (Wildman–Crippen LogP) is 5.14. The topological polar surface area (TPSA) is 135 Å². The molecule has 1 N–H and O–H groups in total. The number of halogens is 3. The second kappa shape index (κ2) is 13.5. The van der Waals surface area contributed by atoms with Crippen LogP contribution in [0.5, 0.6) is 5.75 Å². The minimum absolute atomic E-state index is 0.0394.